The molecule has 1 aliphatic rings. The Hall–Kier alpha value is -2.09. The maximum atomic E-state index is 12.0. The molecule has 0 N–H and O–H groups in total. The molecule has 1 heterocycles. The molecule has 0 spiro atoms. The predicted molar refractivity (Wildman–Crippen MR) is 69.5 cm³/mol. The Labute approximate surface area is 106 Å². The summed E-state index contributed by atoms with van der Waals surface area (Å²) in [6.07, 6.45) is 0.598. The number of rotatable bonds is 1. The highest BCUT2D eigenvalue weighted by Crippen LogP contribution is 2.31. The van der Waals surface area contributed by atoms with Crippen LogP contribution in [-0.2, 0) is 11.2 Å². The molecule has 0 saturated heterocycles. The number of carbonyl (C=O) groups excluding carboxylic acids is 1. The van der Waals surface area contributed by atoms with Crippen LogP contribution in [0.1, 0.15) is 33.2 Å². The van der Waals surface area contributed by atoms with Gasteiger partial charge in [-0.05, 0) is 29.7 Å². The molecule has 0 bridgehead atoms. The van der Waals surface area contributed by atoms with Gasteiger partial charge in [0.05, 0.1) is 5.56 Å². The maximum absolute atomic E-state index is 12.0. The average Bonchev–Trinajstić information content (AvgIpc) is 2.39. The highest BCUT2D eigenvalue weighted by atomic mass is 16.5. The number of aryl methyl sites for hydroxylation is 1. The first-order valence-corrected chi connectivity index (χ1v) is 6.10. The molecular formula is C16H14O2. The zero-order chi connectivity index (χ0) is 12.5. The zero-order valence-electron chi connectivity index (χ0n) is 10.2. The first-order valence-electron chi connectivity index (χ1n) is 6.10. The van der Waals surface area contributed by atoms with Gasteiger partial charge in [-0.3, -0.25) is 0 Å². The Morgan fingerprint density at radius 3 is 2.61 bits per heavy atom. The first kappa shape index (κ1) is 11.0. The highest BCUT2D eigenvalue weighted by Gasteiger charge is 2.27. The van der Waals surface area contributed by atoms with Crippen LogP contribution in [0.3, 0.4) is 0 Å². The third-order valence-corrected chi connectivity index (χ3v) is 3.43. The predicted octanol–water partition coefficient (Wildman–Crippen LogP) is 3.45. The van der Waals surface area contributed by atoms with Gasteiger partial charge in [0.15, 0.2) is 0 Å². The molecule has 90 valence electrons. The van der Waals surface area contributed by atoms with E-state index in [0.29, 0.717) is 5.56 Å². The summed E-state index contributed by atoms with van der Waals surface area (Å²) in [6, 6.07) is 15.7. The fourth-order valence-corrected chi connectivity index (χ4v) is 2.45. The van der Waals surface area contributed by atoms with Crippen LogP contribution in [0.4, 0.5) is 0 Å². The van der Waals surface area contributed by atoms with E-state index in [1.165, 1.54) is 0 Å². The van der Waals surface area contributed by atoms with Gasteiger partial charge in [0, 0.05) is 6.42 Å². The van der Waals surface area contributed by atoms with E-state index < -0.39 is 0 Å². The van der Waals surface area contributed by atoms with Crippen molar-refractivity contribution in [2.24, 2.45) is 0 Å². The smallest absolute Gasteiger partial charge is 0.339 e. The summed E-state index contributed by atoms with van der Waals surface area (Å²) in [6.45, 7) is 2.05. The van der Waals surface area contributed by atoms with Crippen LogP contribution in [0, 0.1) is 6.92 Å². The Bertz CT molecular complexity index is 602. The van der Waals surface area contributed by atoms with Gasteiger partial charge in [-0.15, -0.1) is 0 Å². The van der Waals surface area contributed by atoms with Crippen molar-refractivity contribution in [2.75, 3.05) is 0 Å². The minimum Gasteiger partial charge on any atom is -0.454 e. The van der Waals surface area contributed by atoms with Gasteiger partial charge < -0.3 is 4.74 Å². The van der Waals surface area contributed by atoms with Crippen LogP contribution < -0.4 is 0 Å². The van der Waals surface area contributed by atoms with E-state index in [9.17, 15) is 4.79 Å². The van der Waals surface area contributed by atoms with Gasteiger partial charge in [-0.1, -0.05) is 42.5 Å². The van der Waals surface area contributed by atoms with Crippen molar-refractivity contribution >= 4 is 5.97 Å². The lowest BCUT2D eigenvalue weighted by Crippen LogP contribution is -2.22. The number of ether oxygens (including phenoxy) is 1. The molecule has 0 amide bonds. The van der Waals surface area contributed by atoms with Crippen molar-refractivity contribution in [1.82, 2.24) is 0 Å². The van der Waals surface area contributed by atoms with E-state index in [1.54, 1.807) is 0 Å². The molecule has 3 rings (SSSR count). The number of benzene rings is 2. The molecule has 0 fully saturated rings. The summed E-state index contributed by atoms with van der Waals surface area (Å²) < 4.78 is 5.54. The number of carbonyl (C=O) groups is 1. The summed E-state index contributed by atoms with van der Waals surface area (Å²) in [7, 11) is 0. The number of cyclic esters (lactones) is 1. The van der Waals surface area contributed by atoms with Crippen LogP contribution in [0.2, 0.25) is 0 Å². The van der Waals surface area contributed by atoms with Gasteiger partial charge >= 0.3 is 5.97 Å². The van der Waals surface area contributed by atoms with Crippen molar-refractivity contribution in [3.05, 3.63) is 70.8 Å². The molecule has 2 aromatic carbocycles. The van der Waals surface area contributed by atoms with Crippen molar-refractivity contribution in [1.29, 1.82) is 0 Å². The molecule has 0 unspecified atom stereocenters. The Morgan fingerprint density at radius 2 is 1.78 bits per heavy atom. The molecule has 0 radical (unpaired) electrons. The lowest BCUT2D eigenvalue weighted by atomic mass is 9.93. The summed E-state index contributed by atoms with van der Waals surface area (Å²) in [5.41, 5.74) is 4.03. The SMILES string of the molecule is Cc1ccccc1[C@H]1Cc2ccccc2C(=O)O1. The van der Waals surface area contributed by atoms with E-state index in [4.69, 9.17) is 4.74 Å². The molecular weight excluding hydrogens is 224 g/mol. The van der Waals surface area contributed by atoms with E-state index in [1.807, 2.05) is 55.5 Å². The van der Waals surface area contributed by atoms with Crippen molar-refractivity contribution in [3.63, 3.8) is 0 Å². The van der Waals surface area contributed by atoms with Gasteiger partial charge in [-0.25, -0.2) is 4.79 Å². The standard InChI is InChI=1S/C16H14O2/c1-11-6-2-4-8-13(11)15-10-12-7-3-5-9-14(12)16(17)18-15/h2-9,15H,10H2,1H3/t15-/m1/s1. The quantitative estimate of drug-likeness (QED) is 0.711. The second-order valence-corrected chi connectivity index (χ2v) is 4.61. The number of esters is 1. The Kier molecular flexibility index (Phi) is 2.63. The molecule has 0 aromatic heterocycles. The van der Waals surface area contributed by atoms with Crippen LogP contribution in [0.15, 0.2) is 48.5 Å². The number of hydrogen-bond donors (Lipinski definition) is 0. The van der Waals surface area contributed by atoms with Crippen molar-refractivity contribution < 1.29 is 9.53 Å². The van der Waals surface area contributed by atoms with E-state index in [2.05, 4.69) is 0 Å². The molecule has 0 saturated carbocycles. The Morgan fingerprint density at radius 1 is 1.06 bits per heavy atom. The lowest BCUT2D eigenvalue weighted by Gasteiger charge is -2.25. The molecule has 1 aliphatic heterocycles. The number of fused-ring (bicyclic) bond motifs is 1. The van der Waals surface area contributed by atoms with Gasteiger partial charge in [0.1, 0.15) is 6.10 Å². The topological polar surface area (TPSA) is 26.3 Å². The van der Waals surface area contributed by atoms with Gasteiger partial charge in [0.2, 0.25) is 0 Å². The van der Waals surface area contributed by atoms with Crippen LogP contribution in [0.25, 0.3) is 0 Å². The molecule has 2 heteroatoms. The van der Waals surface area contributed by atoms with Crippen molar-refractivity contribution in [2.45, 2.75) is 19.4 Å². The first-order chi connectivity index (χ1) is 8.75. The number of hydrogen-bond acceptors (Lipinski definition) is 2. The minimum atomic E-state index is -0.217. The normalized spacial score (nSPS) is 18.1. The third kappa shape index (κ3) is 1.80. The second-order valence-electron chi connectivity index (χ2n) is 4.61. The zero-order valence-corrected chi connectivity index (χ0v) is 10.2. The van der Waals surface area contributed by atoms with Gasteiger partial charge in [0.25, 0.3) is 0 Å². The molecule has 2 nitrogen and oxygen atoms in total. The Balaban J connectivity index is 2.00. The molecule has 0 aliphatic carbocycles. The average molecular weight is 238 g/mol. The lowest BCUT2D eigenvalue weighted by molar-refractivity contribution is 0.0251. The summed E-state index contributed by atoms with van der Waals surface area (Å²) in [5.74, 6) is -0.217. The maximum Gasteiger partial charge on any atom is 0.339 e. The molecule has 2 aromatic rings. The van der Waals surface area contributed by atoms with Crippen LogP contribution in [0.5, 0.6) is 0 Å². The second kappa shape index (κ2) is 4.30. The summed E-state index contributed by atoms with van der Waals surface area (Å²) >= 11 is 0. The van der Waals surface area contributed by atoms with Crippen molar-refractivity contribution in [3.8, 4) is 0 Å². The van der Waals surface area contributed by atoms with E-state index in [-0.39, 0.29) is 12.1 Å². The van der Waals surface area contributed by atoms with E-state index in [0.717, 1.165) is 23.1 Å². The molecule has 1 atom stereocenters. The molecule has 18 heavy (non-hydrogen) atoms. The highest BCUT2D eigenvalue weighted by molar-refractivity contribution is 5.92. The van der Waals surface area contributed by atoms with Gasteiger partial charge in [-0.2, -0.15) is 0 Å². The summed E-state index contributed by atoms with van der Waals surface area (Å²) in [5, 5.41) is 0. The largest absolute Gasteiger partial charge is 0.454 e. The minimum absolute atomic E-state index is 0.159. The van der Waals surface area contributed by atoms with E-state index >= 15 is 0 Å². The van der Waals surface area contributed by atoms with Crippen LogP contribution in [-0.4, -0.2) is 5.97 Å². The van der Waals surface area contributed by atoms with Crippen LogP contribution >= 0.6 is 0 Å². The fraction of sp³-hybridized carbons (Fsp3) is 0.188. The monoisotopic (exact) mass is 238 g/mol. The fourth-order valence-electron chi connectivity index (χ4n) is 2.45. The third-order valence-electron chi connectivity index (χ3n) is 3.43. The summed E-state index contributed by atoms with van der Waals surface area (Å²) in [4.78, 5) is 12.0.